The number of rotatable bonds is 1. The quantitative estimate of drug-likeness (QED) is 0.671. The van der Waals surface area contributed by atoms with Crippen LogP contribution in [0, 0.1) is 0 Å². The Hall–Kier alpha value is -0.770. The van der Waals surface area contributed by atoms with Gasteiger partial charge in [-0.15, -0.1) is 0 Å². The second-order valence-corrected chi connectivity index (χ2v) is 5.60. The summed E-state index contributed by atoms with van der Waals surface area (Å²) in [5, 5.41) is 0. The first kappa shape index (κ1) is 11.7. The Bertz CT molecular complexity index is 292. The van der Waals surface area contributed by atoms with Gasteiger partial charge < -0.3 is 14.7 Å². The molecule has 2 heterocycles. The molecule has 1 atom stereocenters. The van der Waals surface area contributed by atoms with Crippen LogP contribution in [0.3, 0.4) is 0 Å². The molecule has 1 unspecified atom stereocenters. The van der Waals surface area contributed by atoms with Gasteiger partial charge in [-0.25, -0.2) is 4.79 Å². The van der Waals surface area contributed by atoms with E-state index in [1.807, 2.05) is 11.9 Å². The van der Waals surface area contributed by atoms with Crippen molar-refractivity contribution in [1.29, 1.82) is 0 Å². The maximum atomic E-state index is 12.3. The molecule has 2 saturated heterocycles. The number of likely N-dealkylation sites (N-methyl/N-ethyl adjacent to an activating group) is 1. The van der Waals surface area contributed by atoms with Crippen molar-refractivity contribution in [3.63, 3.8) is 0 Å². The van der Waals surface area contributed by atoms with Crippen molar-refractivity contribution in [1.82, 2.24) is 14.7 Å². The maximum Gasteiger partial charge on any atom is 0.320 e. The molecule has 1 spiro atoms. The molecular formula is C12H23N3O. The first-order valence-corrected chi connectivity index (χ1v) is 6.19. The largest absolute Gasteiger partial charge is 0.325 e. The van der Waals surface area contributed by atoms with Gasteiger partial charge in [0.15, 0.2) is 0 Å². The SMILES string of the molecule is CC(C)N(C)C(=O)N1CCC12CCN(C)C2. The smallest absolute Gasteiger partial charge is 0.320 e. The number of carbonyl (C=O) groups is 1. The van der Waals surface area contributed by atoms with Crippen molar-refractivity contribution < 1.29 is 4.79 Å². The van der Waals surface area contributed by atoms with Gasteiger partial charge in [-0.1, -0.05) is 0 Å². The van der Waals surface area contributed by atoms with Crippen molar-refractivity contribution in [2.75, 3.05) is 33.7 Å². The van der Waals surface area contributed by atoms with E-state index in [-0.39, 0.29) is 17.6 Å². The molecule has 2 aliphatic heterocycles. The minimum Gasteiger partial charge on any atom is -0.325 e. The topological polar surface area (TPSA) is 26.8 Å². The fraction of sp³-hybridized carbons (Fsp3) is 0.917. The normalized spacial score (nSPS) is 29.9. The Balaban J connectivity index is 2.03. The van der Waals surface area contributed by atoms with Gasteiger partial charge in [0.25, 0.3) is 0 Å². The minimum atomic E-state index is 0.162. The molecule has 92 valence electrons. The second-order valence-electron chi connectivity index (χ2n) is 5.60. The summed E-state index contributed by atoms with van der Waals surface area (Å²) in [5.74, 6) is 0. The molecular weight excluding hydrogens is 202 g/mol. The van der Waals surface area contributed by atoms with E-state index in [9.17, 15) is 4.79 Å². The summed E-state index contributed by atoms with van der Waals surface area (Å²) in [5.41, 5.74) is 0.162. The summed E-state index contributed by atoms with van der Waals surface area (Å²) >= 11 is 0. The third-order valence-corrected chi connectivity index (χ3v) is 4.20. The summed E-state index contributed by atoms with van der Waals surface area (Å²) in [6.45, 7) is 7.22. The van der Waals surface area contributed by atoms with E-state index in [1.54, 1.807) is 0 Å². The van der Waals surface area contributed by atoms with Crippen LogP contribution >= 0.6 is 0 Å². The van der Waals surface area contributed by atoms with Crippen LogP contribution in [0.5, 0.6) is 0 Å². The lowest BCUT2D eigenvalue weighted by molar-refractivity contribution is 0.0149. The third kappa shape index (κ3) is 1.69. The number of hydrogen-bond acceptors (Lipinski definition) is 2. The third-order valence-electron chi connectivity index (χ3n) is 4.20. The molecule has 4 nitrogen and oxygen atoms in total. The minimum absolute atomic E-state index is 0.162. The number of carbonyl (C=O) groups excluding carboxylic acids is 1. The van der Waals surface area contributed by atoms with Crippen LogP contribution in [-0.2, 0) is 0 Å². The zero-order valence-electron chi connectivity index (χ0n) is 10.9. The molecule has 0 aliphatic carbocycles. The Morgan fingerprint density at radius 2 is 1.94 bits per heavy atom. The molecule has 0 aromatic heterocycles. The summed E-state index contributed by atoms with van der Waals surface area (Å²) in [6.07, 6.45) is 2.32. The fourth-order valence-corrected chi connectivity index (χ4v) is 2.73. The molecule has 0 bridgehead atoms. The van der Waals surface area contributed by atoms with Crippen LogP contribution in [0.2, 0.25) is 0 Å². The van der Waals surface area contributed by atoms with Crippen LogP contribution in [-0.4, -0.2) is 66.0 Å². The average molecular weight is 225 g/mol. The molecule has 16 heavy (non-hydrogen) atoms. The Kier molecular flexibility index (Phi) is 2.86. The van der Waals surface area contributed by atoms with Gasteiger partial charge >= 0.3 is 6.03 Å². The van der Waals surface area contributed by atoms with Crippen molar-refractivity contribution >= 4 is 6.03 Å². The molecule has 0 aromatic carbocycles. The lowest BCUT2D eigenvalue weighted by atomic mass is 9.84. The fourth-order valence-electron chi connectivity index (χ4n) is 2.73. The molecule has 4 heteroatoms. The Labute approximate surface area is 98.2 Å². The monoisotopic (exact) mass is 225 g/mol. The van der Waals surface area contributed by atoms with Crippen LogP contribution in [0.1, 0.15) is 26.7 Å². The van der Waals surface area contributed by atoms with E-state index in [1.165, 1.54) is 6.42 Å². The number of likely N-dealkylation sites (tertiary alicyclic amines) is 2. The first-order valence-electron chi connectivity index (χ1n) is 6.19. The maximum absolute atomic E-state index is 12.3. The average Bonchev–Trinajstić information content (AvgIpc) is 2.60. The lowest BCUT2D eigenvalue weighted by Crippen LogP contribution is -2.66. The first-order chi connectivity index (χ1) is 7.46. The van der Waals surface area contributed by atoms with Gasteiger partial charge in [-0.2, -0.15) is 0 Å². The molecule has 0 aromatic rings. The van der Waals surface area contributed by atoms with E-state index < -0.39 is 0 Å². The van der Waals surface area contributed by atoms with E-state index in [0.717, 1.165) is 26.1 Å². The highest BCUT2D eigenvalue weighted by Crippen LogP contribution is 2.39. The summed E-state index contributed by atoms with van der Waals surface area (Å²) in [4.78, 5) is 18.5. The lowest BCUT2D eigenvalue weighted by Gasteiger charge is -2.52. The Morgan fingerprint density at radius 1 is 1.31 bits per heavy atom. The predicted molar refractivity (Wildman–Crippen MR) is 64.5 cm³/mol. The number of amides is 2. The second kappa shape index (κ2) is 3.91. The molecule has 2 aliphatic rings. The molecule has 0 radical (unpaired) electrons. The van der Waals surface area contributed by atoms with Crippen LogP contribution in [0.25, 0.3) is 0 Å². The van der Waals surface area contributed by atoms with Gasteiger partial charge in [0, 0.05) is 32.7 Å². The highest BCUT2D eigenvalue weighted by atomic mass is 16.2. The van der Waals surface area contributed by atoms with E-state index in [0.29, 0.717) is 0 Å². The predicted octanol–water partition coefficient (Wildman–Crippen LogP) is 1.23. The standard InChI is InChI=1S/C12H23N3O/c1-10(2)14(4)11(16)15-8-6-12(15)5-7-13(3)9-12/h10H,5-9H2,1-4H3. The molecule has 0 saturated carbocycles. The molecule has 2 rings (SSSR count). The summed E-state index contributed by atoms with van der Waals surface area (Å²) in [6, 6.07) is 0.487. The van der Waals surface area contributed by atoms with Crippen molar-refractivity contribution in [3.05, 3.63) is 0 Å². The van der Waals surface area contributed by atoms with E-state index in [2.05, 4.69) is 30.7 Å². The van der Waals surface area contributed by atoms with Crippen molar-refractivity contribution in [2.45, 2.75) is 38.3 Å². The highest BCUT2D eigenvalue weighted by molar-refractivity contribution is 5.76. The number of nitrogens with zero attached hydrogens (tertiary/aromatic N) is 3. The van der Waals surface area contributed by atoms with Gasteiger partial charge in [0.05, 0.1) is 5.54 Å². The van der Waals surface area contributed by atoms with Crippen molar-refractivity contribution in [3.8, 4) is 0 Å². The molecule has 0 N–H and O–H groups in total. The highest BCUT2D eigenvalue weighted by Gasteiger charge is 2.51. The van der Waals surface area contributed by atoms with Gasteiger partial charge in [-0.3, -0.25) is 0 Å². The van der Waals surface area contributed by atoms with Crippen LogP contribution in [0.4, 0.5) is 4.79 Å². The van der Waals surface area contributed by atoms with Gasteiger partial charge in [0.1, 0.15) is 0 Å². The van der Waals surface area contributed by atoms with Crippen molar-refractivity contribution in [2.24, 2.45) is 0 Å². The molecule has 2 fully saturated rings. The zero-order valence-corrected chi connectivity index (χ0v) is 10.9. The summed E-state index contributed by atoms with van der Waals surface area (Å²) in [7, 11) is 4.04. The van der Waals surface area contributed by atoms with E-state index >= 15 is 0 Å². The van der Waals surface area contributed by atoms with Crippen LogP contribution in [0.15, 0.2) is 0 Å². The summed E-state index contributed by atoms with van der Waals surface area (Å²) < 4.78 is 0. The Morgan fingerprint density at radius 3 is 2.31 bits per heavy atom. The number of urea groups is 1. The molecule has 2 amide bonds. The zero-order chi connectivity index (χ0) is 11.9. The van der Waals surface area contributed by atoms with Gasteiger partial charge in [-0.05, 0) is 33.7 Å². The van der Waals surface area contributed by atoms with Crippen LogP contribution < -0.4 is 0 Å². The van der Waals surface area contributed by atoms with Gasteiger partial charge in [0.2, 0.25) is 0 Å². The van der Waals surface area contributed by atoms with E-state index in [4.69, 9.17) is 0 Å². The number of hydrogen-bond donors (Lipinski definition) is 0.